The lowest BCUT2D eigenvalue weighted by molar-refractivity contribution is 0.122. The summed E-state index contributed by atoms with van der Waals surface area (Å²) in [6.07, 6.45) is 4.69. The van der Waals surface area contributed by atoms with Gasteiger partial charge in [-0.3, -0.25) is 4.90 Å². The second-order valence-corrected chi connectivity index (χ2v) is 7.21. The molecule has 2 aromatic rings. The van der Waals surface area contributed by atoms with Crippen molar-refractivity contribution >= 4 is 0 Å². The van der Waals surface area contributed by atoms with E-state index in [4.69, 9.17) is 4.52 Å². The van der Waals surface area contributed by atoms with Crippen LogP contribution < -0.4 is 0 Å². The van der Waals surface area contributed by atoms with E-state index in [1.54, 1.807) is 0 Å². The fraction of sp³-hybridized carbons (Fsp3) is 0.579. The second kappa shape index (κ2) is 7.03. The summed E-state index contributed by atoms with van der Waals surface area (Å²) in [6.45, 7) is 4.88. The van der Waals surface area contributed by atoms with Crippen molar-refractivity contribution in [2.75, 3.05) is 33.2 Å². The molecule has 2 aliphatic rings. The lowest BCUT2D eigenvalue weighted by atomic mass is 9.92. The van der Waals surface area contributed by atoms with E-state index in [-0.39, 0.29) is 0 Å². The highest BCUT2D eigenvalue weighted by Crippen LogP contribution is 2.29. The Labute approximate surface area is 143 Å². The molecule has 5 heteroatoms. The first-order chi connectivity index (χ1) is 11.8. The summed E-state index contributed by atoms with van der Waals surface area (Å²) in [5.74, 6) is 2.32. The van der Waals surface area contributed by atoms with E-state index in [1.165, 1.54) is 32.5 Å². The summed E-state index contributed by atoms with van der Waals surface area (Å²) in [5, 5.41) is 4.11. The Morgan fingerprint density at radius 3 is 2.96 bits per heavy atom. The van der Waals surface area contributed by atoms with Gasteiger partial charge in [-0.1, -0.05) is 35.5 Å². The highest BCUT2D eigenvalue weighted by atomic mass is 16.5. The Balaban J connectivity index is 1.31. The number of hydrogen-bond acceptors (Lipinski definition) is 5. The van der Waals surface area contributed by atoms with Gasteiger partial charge >= 0.3 is 0 Å². The van der Waals surface area contributed by atoms with Crippen molar-refractivity contribution in [3.05, 3.63) is 36.2 Å². The molecule has 0 radical (unpaired) electrons. The van der Waals surface area contributed by atoms with Crippen molar-refractivity contribution in [1.82, 2.24) is 19.9 Å². The Morgan fingerprint density at radius 1 is 1.21 bits per heavy atom. The van der Waals surface area contributed by atoms with Gasteiger partial charge in [0.05, 0.1) is 0 Å². The summed E-state index contributed by atoms with van der Waals surface area (Å²) in [4.78, 5) is 9.71. The first-order valence-electron chi connectivity index (χ1n) is 9.10. The van der Waals surface area contributed by atoms with E-state index in [1.807, 2.05) is 30.3 Å². The van der Waals surface area contributed by atoms with Gasteiger partial charge in [-0.05, 0) is 45.3 Å². The molecule has 1 aromatic carbocycles. The first kappa shape index (κ1) is 15.8. The lowest BCUT2D eigenvalue weighted by Gasteiger charge is -2.37. The van der Waals surface area contributed by atoms with Gasteiger partial charge in [0.2, 0.25) is 11.7 Å². The highest BCUT2D eigenvalue weighted by Gasteiger charge is 2.37. The van der Waals surface area contributed by atoms with E-state index >= 15 is 0 Å². The van der Waals surface area contributed by atoms with Crippen molar-refractivity contribution in [1.29, 1.82) is 0 Å². The average Bonchev–Trinajstić information content (AvgIpc) is 3.22. The summed E-state index contributed by atoms with van der Waals surface area (Å²) in [7, 11) is 2.25. The number of likely N-dealkylation sites (N-methyl/N-ethyl adjacent to an activating group) is 1. The van der Waals surface area contributed by atoms with Gasteiger partial charge < -0.3 is 9.42 Å². The molecule has 2 aliphatic heterocycles. The largest absolute Gasteiger partial charge is 0.339 e. The van der Waals surface area contributed by atoms with Gasteiger partial charge in [-0.15, -0.1) is 0 Å². The number of nitrogens with zero attached hydrogens (tertiary/aromatic N) is 4. The zero-order chi connectivity index (χ0) is 16.4. The predicted molar refractivity (Wildman–Crippen MR) is 93.6 cm³/mol. The smallest absolute Gasteiger partial charge is 0.227 e. The topological polar surface area (TPSA) is 45.4 Å². The van der Waals surface area contributed by atoms with Crippen LogP contribution in [-0.4, -0.2) is 59.2 Å². The molecule has 0 amide bonds. The van der Waals surface area contributed by atoms with Crippen LogP contribution in [0.1, 0.15) is 25.2 Å². The Bertz CT molecular complexity index is 656. The third-order valence-electron chi connectivity index (χ3n) is 5.41. The zero-order valence-electron chi connectivity index (χ0n) is 14.4. The molecule has 4 rings (SSSR count). The van der Waals surface area contributed by atoms with E-state index < -0.39 is 0 Å². The average molecular weight is 326 g/mol. The molecule has 128 valence electrons. The third-order valence-corrected chi connectivity index (χ3v) is 5.41. The minimum absolute atomic E-state index is 0.695. The van der Waals surface area contributed by atoms with Crippen LogP contribution in [0, 0.1) is 5.92 Å². The maximum atomic E-state index is 5.42. The normalized spacial score (nSPS) is 25.0. The van der Waals surface area contributed by atoms with Crippen LogP contribution in [-0.2, 0) is 6.42 Å². The summed E-state index contributed by atoms with van der Waals surface area (Å²) < 4.78 is 5.42. The fourth-order valence-electron chi connectivity index (χ4n) is 4.26. The lowest BCUT2D eigenvalue weighted by Crippen LogP contribution is -2.45. The van der Waals surface area contributed by atoms with Gasteiger partial charge in [0, 0.05) is 31.1 Å². The Kier molecular flexibility index (Phi) is 4.63. The molecular formula is C19H26N4O. The first-order valence-corrected chi connectivity index (χ1v) is 9.10. The number of likely N-dealkylation sites (tertiary alicyclic amines) is 2. The Morgan fingerprint density at radius 2 is 2.08 bits per heavy atom. The molecule has 24 heavy (non-hydrogen) atoms. The van der Waals surface area contributed by atoms with E-state index in [2.05, 4.69) is 27.0 Å². The molecular weight excluding hydrogens is 300 g/mol. The molecule has 3 heterocycles. The molecule has 2 unspecified atom stereocenters. The molecule has 5 nitrogen and oxygen atoms in total. The maximum absolute atomic E-state index is 5.42. The van der Waals surface area contributed by atoms with Crippen LogP contribution in [0.25, 0.3) is 11.4 Å². The summed E-state index contributed by atoms with van der Waals surface area (Å²) in [5.41, 5.74) is 1.01. The molecule has 2 saturated heterocycles. The van der Waals surface area contributed by atoms with E-state index in [0.717, 1.165) is 42.8 Å². The maximum Gasteiger partial charge on any atom is 0.227 e. The van der Waals surface area contributed by atoms with E-state index in [0.29, 0.717) is 5.82 Å². The molecule has 0 N–H and O–H groups in total. The summed E-state index contributed by atoms with van der Waals surface area (Å²) >= 11 is 0. The van der Waals surface area contributed by atoms with Crippen LogP contribution in [0.5, 0.6) is 0 Å². The summed E-state index contributed by atoms with van der Waals surface area (Å²) in [6, 6.07) is 10.8. The molecule has 2 atom stereocenters. The number of hydrogen-bond donors (Lipinski definition) is 0. The number of aryl methyl sites for hydroxylation is 1. The molecule has 0 bridgehead atoms. The number of aromatic nitrogens is 2. The number of rotatable bonds is 5. The molecule has 2 fully saturated rings. The SMILES string of the molecule is CN1CC2CCCN(CCCc3nc(-c4ccccc4)no3)C2C1. The van der Waals surface area contributed by atoms with Gasteiger partial charge in [-0.25, -0.2) is 0 Å². The van der Waals surface area contributed by atoms with Gasteiger partial charge in [0.25, 0.3) is 0 Å². The van der Waals surface area contributed by atoms with Crippen LogP contribution in [0.15, 0.2) is 34.9 Å². The number of piperidine rings is 1. The monoisotopic (exact) mass is 326 g/mol. The van der Waals surface area contributed by atoms with Gasteiger partial charge in [-0.2, -0.15) is 4.98 Å². The van der Waals surface area contributed by atoms with Crippen molar-refractivity contribution < 1.29 is 4.52 Å². The van der Waals surface area contributed by atoms with Crippen LogP contribution in [0.3, 0.4) is 0 Å². The standard InChI is InChI=1S/C19H26N4O/c1-22-13-16-9-5-11-23(17(16)14-22)12-6-10-18-20-19(21-24-18)15-7-3-2-4-8-15/h2-4,7-8,16-17H,5-6,9-14H2,1H3. The minimum atomic E-state index is 0.695. The zero-order valence-corrected chi connectivity index (χ0v) is 14.4. The number of benzene rings is 1. The minimum Gasteiger partial charge on any atom is -0.339 e. The molecule has 0 aliphatic carbocycles. The molecule has 0 saturated carbocycles. The quantitative estimate of drug-likeness (QED) is 0.845. The van der Waals surface area contributed by atoms with Gasteiger partial charge in [0.1, 0.15) is 0 Å². The van der Waals surface area contributed by atoms with Crippen LogP contribution >= 0.6 is 0 Å². The molecule has 1 aromatic heterocycles. The van der Waals surface area contributed by atoms with Gasteiger partial charge in [0.15, 0.2) is 0 Å². The third kappa shape index (κ3) is 3.37. The molecule has 0 spiro atoms. The van der Waals surface area contributed by atoms with Crippen LogP contribution in [0.2, 0.25) is 0 Å². The second-order valence-electron chi connectivity index (χ2n) is 7.21. The number of fused-ring (bicyclic) bond motifs is 1. The van der Waals surface area contributed by atoms with E-state index in [9.17, 15) is 0 Å². The fourth-order valence-corrected chi connectivity index (χ4v) is 4.26. The Hall–Kier alpha value is -1.72. The highest BCUT2D eigenvalue weighted by molar-refractivity contribution is 5.53. The van der Waals surface area contributed by atoms with Crippen molar-refractivity contribution in [3.8, 4) is 11.4 Å². The van der Waals surface area contributed by atoms with Crippen LogP contribution in [0.4, 0.5) is 0 Å². The predicted octanol–water partition coefficient (Wildman–Crippen LogP) is 2.70. The van der Waals surface area contributed by atoms with Crippen molar-refractivity contribution in [3.63, 3.8) is 0 Å². The van der Waals surface area contributed by atoms with Crippen molar-refractivity contribution in [2.24, 2.45) is 5.92 Å². The van der Waals surface area contributed by atoms with Crippen molar-refractivity contribution in [2.45, 2.75) is 31.7 Å².